The Morgan fingerprint density at radius 1 is 1.30 bits per heavy atom. The second-order valence-corrected chi connectivity index (χ2v) is 2.60. The summed E-state index contributed by atoms with van der Waals surface area (Å²) in [5.41, 5.74) is 0. The summed E-state index contributed by atoms with van der Waals surface area (Å²) in [6, 6.07) is 0. The van der Waals surface area contributed by atoms with Gasteiger partial charge in [0.2, 0.25) is 0 Å². The van der Waals surface area contributed by atoms with Crippen LogP contribution < -0.4 is 0 Å². The van der Waals surface area contributed by atoms with Crippen molar-refractivity contribution in [3.05, 3.63) is 0 Å². The van der Waals surface area contributed by atoms with Gasteiger partial charge in [-0.05, 0) is 12.3 Å². The minimum atomic E-state index is 0. The fourth-order valence-corrected chi connectivity index (χ4v) is 0.917. The first-order valence-electron chi connectivity index (χ1n) is 3.96. The first-order valence-corrected chi connectivity index (χ1v) is 3.96. The van der Waals surface area contributed by atoms with E-state index in [4.69, 9.17) is 5.11 Å². The van der Waals surface area contributed by atoms with E-state index in [2.05, 4.69) is 13.8 Å². The molecule has 0 fully saturated rings. The molecule has 0 aliphatic carbocycles. The Kier molecular flexibility index (Phi) is 12.5. The molecule has 0 aromatic carbocycles. The van der Waals surface area contributed by atoms with E-state index in [0.717, 1.165) is 6.42 Å². The first-order chi connectivity index (χ1) is 4.35. The summed E-state index contributed by atoms with van der Waals surface area (Å²) in [4.78, 5) is 0. The van der Waals surface area contributed by atoms with Gasteiger partial charge in [-0.25, -0.2) is 0 Å². The zero-order valence-electron chi connectivity index (χ0n) is 7.27. The van der Waals surface area contributed by atoms with Gasteiger partial charge in [-0.2, -0.15) is 0 Å². The van der Waals surface area contributed by atoms with Crippen molar-refractivity contribution < 1.29 is 5.11 Å². The van der Waals surface area contributed by atoms with Crippen LogP contribution in [0, 0.1) is 5.92 Å². The third-order valence-electron chi connectivity index (χ3n) is 1.80. The Labute approximate surface area is 75.5 Å². The van der Waals surface area contributed by atoms with E-state index in [1.54, 1.807) is 0 Å². The number of unbranched alkanes of at least 4 members (excludes halogenated alkanes) is 1. The van der Waals surface area contributed by atoms with Gasteiger partial charge in [0.05, 0.1) is 0 Å². The fourth-order valence-electron chi connectivity index (χ4n) is 0.917. The number of aliphatic hydroxyl groups excluding tert-OH is 1. The summed E-state index contributed by atoms with van der Waals surface area (Å²) in [5.74, 6) is 0.560. The summed E-state index contributed by atoms with van der Waals surface area (Å²) in [6.07, 6.45) is 4.83. The van der Waals surface area contributed by atoms with E-state index < -0.39 is 0 Å². The molecule has 0 aliphatic rings. The molecule has 0 bridgehead atoms. The van der Waals surface area contributed by atoms with Gasteiger partial charge < -0.3 is 5.11 Å². The van der Waals surface area contributed by atoms with E-state index >= 15 is 0 Å². The van der Waals surface area contributed by atoms with Crippen molar-refractivity contribution in [3.63, 3.8) is 0 Å². The van der Waals surface area contributed by atoms with Crippen LogP contribution in [-0.4, -0.2) is 29.7 Å². The van der Waals surface area contributed by atoms with Crippen LogP contribution in [0.15, 0.2) is 0 Å². The molecule has 64 valence electrons. The number of rotatable bonds is 5. The predicted octanol–water partition coefficient (Wildman–Crippen LogP) is 1.01. The van der Waals surface area contributed by atoms with Crippen LogP contribution >= 0.6 is 0 Å². The maximum atomic E-state index is 8.75. The zero-order chi connectivity index (χ0) is 7.11. The van der Waals surface area contributed by atoms with Crippen molar-refractivity contribution in [1.29, 1.82) is 0 Å². The molecule has 0 heterocycles. The summed E-state index contributed by atoms with van der Waals surface area (Å²) in [5, 5.41) is 8.75. The fraction of sp³-hybridized carbons (Fsp3) is 1.00. The number of hydrogen-bond acceptors (Lipinski definition) is 1. The molecule has 2 atom stereocenters. The quantitative estimate of drug-likeness (QED) is 0.668. The molecule has 0 saturated heterocycles. The third kappa shape index (κ3) is 6.64. The SMILES string of the molecule is CCCCC(CC)CO.[AsH3]. The van der Waals surface area contributed by atoms with Crippen LogP contribution in [0.2, 0.25) is 0 Å². The summed E-state index contributed by atoms with van der Waals surface area (Å²) in [7, 11) is 0. The summed E-state index contributed by atoms with van der Waals surface area (Å²) >= 11 is 0. The molecule has 1 N–H and O–H groups in total. The average Bonchev–Trinajstić information content (AvgIpc) is 1.91. The van der Waals surface area contributed by atoms with Crippen LogP contribution in [0.4, 0.5) is 0 Å². The van der Waals surface area contributed by atoms with Crippen LogP contribution in [-0.2, 0) is 0 Å². The Morgan fingerprint density at radius 3 is 2.20 bits per heavy atom. The molecule has 0 spiro atoms. The molecule has 0 saturated carbocycles. The summed E-state index contributed by atoms with van der Waals surface area (Å²) in [6.45, 7) is 4.69. The summed E-state index contributed by atoms with van der Waals surface area (Å²) < 4.78 is 0. The van der Waals surface area contributed by atoms with Crippen molar-refractivity contribution in [2.24, 2.45) is 5.92 Å². The van der Waals surface area contributed by atoms with Gasteiger partial charge in [0.25, 0.3) is 0 Å². The number of aliphatic hydroxyl groups is 1. The van der Waals surface area contributed by atoms with E-state index in [0.29, 0.717) is 12.5 Å². The molecule has 0 rings (SSSR count). The maximum absolute atomic E-state index is 8.75. The molecule has 0 amide bonds. The molecule has 0 aromatic heterocycles. The van der Waals surface area contributed by atoms with Gasteiger partial charge >= 0.3 is 18.0 Å². The molecule has 0 aliphatic heterocycles. The monoisotopic (exact) mass is 208 g/mol. The first kappa shape index (κ1) is 13.1. The van der Waals surface area contributed by atoms with Gasteiger partial charge in [-0.3, -0.25) is 0 Å². The minimum absolute atomic E-state index is 0. The molecular formula is C8H21AsO. The van der Waals surface area contributed by atoms with Crippen LogP contribution in [0.5, 0.6) is 0 Å². The van der Waals surface area contributed by atoms with Crippen LogP contribution in [0.25, 0.3) is 0 Å². The Morgan fingerprint density at radius 2 is 1.90 bits per heavy atom. The van der Waals surface area contributed by atoms with Crippen LogP contribution in [0.3, 0.4) is 0 Å². The van der Waals surface area contributed by atoms with E-state index in [1.165, 1.54) is 19.3 Å². The van der Waals surface area contributed by atoms with Crippen molar-refractivity contribution >= 4 is 18.0 Å². The average molecular weight is 208 g/mol. The predicted molar refractivity (Wildman–Crippen MR) is 50.3 cm³/mol. The molecule has 2 unspecified atom stereocenters. The van der Waals surface area contributed by atoms with Crippen molar-refractivity contribution in [2.75, 3.05) is 6.61 Å². The van der Waals surface area contributed by atoms with E-state index in [-0.39, 0.29) is 18.0 Å². The normalized spacial score (nSPS) is 12.3. The van der Waals surface area contributed by atoms with Gasteiger partial charge in [0.15, 0.2) is 0 Å². The number of hydrogen-bond donors (Lipinski definition) is 1. The third-order valence-corrected chi connectivity index (χ3v) is 1.80. The van der Waals surface area contributed by atoms with Gasteiger partial charge in [0.1, 0.15) is 0 Å². The van der Waals surface area contributed by atoms with Crippen molar-refractivity contribution in [1.82, 2.24) is 0 Å². The Balaban J connectivity index is 0. The molecule has 0 aromatic rings. The Bertz CT molecular complexity index is 53.2. The zero-order valence-corrected chi connectivity index (χ0v) is 10.2. The molecule has 1 nitrogen and oxygen atoms in total. The second-order valence-electron chi connectivity index (χ2n) is 2.60. The molecular weight excluding hydrogens is 187 g/mol. The molecule has 10 heavy (non-hydrogen) atoms. The standard InChI is InChI=1S/C8H18O.AsH3/c1-3-5-6-8(4-2)7-9;/h8-9H,3-7H2,1-2H3;1H3. The molecule has 0 radical (unpaired) electrons. The van der Waals surface area contributed by atoms with E-state index in [9.17, 15) is 0 Å². The second kappa shape index (κ2) is 9.52. The van der Waals surface area contributed by atoms with Gasteiger partial charge in [0, 0.05) is 6.61 Å². The van der Waals surface area contributed by atoms with Gasteiger partial charge in [-0.1, -0.05) is 33.1 Å². The molecule has 2 heteroatoms. The van der Waals surface area contributed by atoms with Crippen LogP contribution in [0.1, 0.15) is 39.5 Å². The topological polar surface area (TPSA) is 20.2 Å². The van der Waals surface area contributed by atoms with E-state index in [1.807, 2.05) is 0 Å². The van der Waals surface area contributed by atoms with Crippen molar-refractivity contribution in [2.45, 2.75) is 39.5 Å². The van der Waals surface area contributed by atoms with Crippen molar-refractivity contribution in [3.8, 4) is 0 Å². The Hall–Kier alpha value is 0.518. The van der Waals surface area contributed by atoms with Gasteiger partial charge in [-0.15, -0.1) is 0 Å².